The van der Waals surface area contributed by atoms with E-state index >= 15 is 0 Å². The van der Waals surface area contributed by atoms with E-state index in [2.05, 4.69) is 23.6 Å². The number of rotatable bonds is 10. The average Bonchev–Trinajstić information content (AvgIpc) is 3.26. The van der Waals surface area contributed by atoms with E-state index < -0.39 is 18.6 Å². The number of carbonyl (C=O) groups excluding carboxylic acids is 1. The van der Waals surface area contributed by atoms with Crippen molar-refractivity contribution in [2.24, 2.45) is 0 Å². The molecule has 42 heavy (non-hydrogen) atoms. The zero-order valence-electron chi connectivity index (χ0n) is 23.4. The lowest BCUT2D eigenvalue weighted by Crippen LogP contribution is -2.34. The molecule has 0 atom stereocenters. The lowest BCUT2D eigenvalue weighted by Gasteiger charge is -2.14. The van der Waals surface area contributed by atoms with E-state index in [-0.39, 0.29) is 6.42 Å². The summed E-state index contributed by atoms with van der Waals surface area (Å²) < 4.78 is 51.0. The van der Waals surface area contributed by atoms with Crippen molar-refractivity contribution in [1.29, 1.82) is 0 Å². The van der Waals surface area contributed by atoms with E-state index in [1.165, 1.54) is 0 Å². The normalized spacial score (nSPS) is 11.5. The molecule has 0 spiro atoms. The summed E-state index contributed by atoms with van der Waals surface area (Å²) in [6.45, 7) is 1.79. The van der Waals surface area contributed by atoms with Crippen molar-refractivity contribution in [3.8, 4) is 22.8 Å². The number of methoxy groups -OCH3 is 1. The number of hydrogen-bond donors (Lipinski definition) is 1. The standard InChI is InChI=1S/C34H31F3N2O3/c1-23-30-19-29(42-21-26-6-4-3-5-7-26)16-17-31(30)39(33(23)27-12-14-28(41-2)15-13-27)20-25-10-8-24(9-11-25)18-32(40)38-22-34(35,36)37/h3-17,19H,18,20-22H2,1-2H3,(H,38,40). The highest BCUT2D eigenvalue weighted by atomic mass is 19.4. The monoisotopic (exact) mass is 572 g/mol. The van der Waals surface area contributed by atoms with Crippen LogP contribution in [0.5, 0.6) is 11.5 Å². The smallest absolute Gasteiger partial charge is 0.405 e. The molecule has 4 aromatic carbocycles. The van der Waals surface area contributed by atoms with Gasteiger partial charge in [0, 0.05) is 17.4 Å². The van der Waals surface area contributed by atoms with Crippen LogP contribution in [0.15, 0.2) is 97.1 Å². The van der Waals surface area contributed by atoms with Gasteiger partial charge < -0.3 is 19.4 Å². The maximum Gasteiger partial charge on any atom is 0.405 e. The number of aryl methyl sites for hydroxylation is 1. The number of hydrogen-bond acceptors (Lipinski definition) is 3. The van der Waals surface area contributed by atoms with Gasteiger partial charge in [0.2, 0.25) is 5.91 Å². The molecule has 0 saturated carbocycles. The fourth-order valence-electron chi connectivity index (χ4n) is 5.01. The largest absolute Gasteiger partial charge is 0.497 e. The van der Waals surface area contributed by atoms with Gasteiger partial charge in [0.25, 0.3) is 0 Å². The molecule has 5 nitrogen and oxygen atoms in total. The van der Waals surface area contributed by atoms with Crippen LogP contribution in [0.25, 0.3) is 22.2 Å². The molecule has 8 heteroatoms. The van der Waals surface area contributed by atoms with E-state index in [0.717, 1.165) is 50.3 Å². The molecule has 216 valence electrons. The van der Waals surface area contributed by atoms with Crippen molar-refractivity contribution in [1.82, 2.24) is 9.88 Å². The fourth-order valence-corrected chi connectivity index (χ4v) is 5.01. The van der Waals surface area contributed by atoms with Gasteiger partial charge >= 0.3 is 6.18 Å². The molecule has 5 rings (SSSR count). The maximum atomic E-state index is 12.4. The Bertz CT molecular complexity index is 1660. The van der Waals surface area contributed by atoms with Gasteiger partial charge in [0.15, 0.2) is 0 Å². The van der Waals surface area contributed by atoms with Crippen LogP contribution >= 0.6 is 0 Å². The van der Waals surface area contributed by atoms with Gasteiger partial charge in [-0.1, -0.05) is 54.6 Å². The first-order valence-electron chi connectivity index (χ1n) is 13.6. The molecule has 0 aliphatic heterocycles. The summed E-state index contributed by atoms with van der Waals surface area (Å²) in [5.41, 5.74) is 6.97. The number of aromatic nitrogens is 1. The van der Waals surface area contributed by atoms with Crippen molar-refractivity contribution in [2.45, 2.75) is 32.7 Å². The van der Waals surface area contributed by atoms with Gasteiger partial charge in [-0.15, -0.1) is 0 Å². The van der Waals surface area contributed by atoms with Gasteiger partial charge in [-0.2, -0.15) is 13.2 Å². The van der Waals surface area contributed by atoms with Crippen LogP contribution in [-0.4, -0.2) is 30.3 Å². The number of fused-ring (bicyclic) bond motifs is 1. The molecule has 1 N–H and O–H groups in total. The Balaban J connectivity index is 1.43. The maximum absolute atomic E-state index is 12.4. The molecule has 5 aromatic rings. The van der Waals surface area contributed by atoms with E-state index in [1.54, 1.807) is 19.2 Å². The van der Waals surface area contributed by atoms with Crippen LogP contribution in [0.4, 0.5) is 13.2 Å². The Labute approximate surface area is 242 Å². The quantitative estimate of drug-likeness (QED) is 0.189. The van der Waals surface area contributed by atoms with Gasteiger partial charge in [-0.3, -0.25) is 4.79 Å². The van der Waals surface area contributed by atoms with Crippen LogP contribution in [0.1, 0.15) is 22.3 Å². The third-order valence-electron chi connectivity index (χ3n) is 7.11. The molecular formula is C34H31F3N2O3. The Morgan fingerprint density at radius 1 is 0.833 bits per heavy atom. The van der Waals surface area contributed by atoms with Crippen molar-refractivity contribution in [3.63, 3.8) is 0 Å². The summed E-state index contributed by atoms with van der Waals surface area (Å²) in [6, 6.07) is 31.4. The molecule has 0 saturated heterocycles. The van der Waals surface area contributed by atoms with E-state index in [9.17, 15) is 18.0 Å². The molecule has 1 heterocycles. The predicted molar refractivity (Wildman–Crippen MR) is 158 cm³/mol. The Hall–Kier alpha value is -4.72. The SMILES string of the molecule is COc1ccc(-c2c(C)c3cc(OCc4ccccc4)ccc3n2Cc2ccc(CC(=O)NCC(F)(F)F)cc2)cc1. The zero-order valence-corrected chi connectivity index (χ0v) is 23.4. The van der Waals surface area contributed by atoms with Crippen molar-refractivity contribution < 1.29 is 27.4 Å². The zero-order chi connectivity index (χ0) is 29.7. The minimum atomic E-state index is -4.44. The third kappa shape index (κ3) is 6.94. The number of carbonyl (C=O) groups is 1. The summed E-state index contributed by atoms with van der Waals surface area (Å²) >= 11 is 0. The number of amides is 1. The Kier molecular flexibility index (Phi) is 8.52. The van der Waals surface area contributed by atoms with Crippen molar-refractivity contribution >= 4 is 16.8 Å². The number of nitrogens with zero attached hydrogens (tertiary/aromatic N) is 1. The number of nitrogens with one attached hydrogen (secondary N) is 1. The fraction of sp³-hybridized carbons (Fsp3) is 0.206. The highest BCUT2D eigenvalue weighted by Gasteiger charge is 2.27. The van der Waals surface area contributed by atoms with Crippen LogP contribution in [-0.2, 0) is 24.4 Å². The molecule has 1 aromatic heterocycles. The lowest BCUT2D eigenvalue weighted by atomic mass is 10.1. The Morgan fingerprint density at radius 3 is 2.17 bits per heavy atom. The van der Waals surface area contributed by atoms with E-state index in [0.29, 0.717) is 18.7 Å². The number of halogens is 3. The van der Waals surface area contributed by atoms with Crippen LogP contribution in [0, 0.1) is 6.92 Å². The van der Waals surface area contributed by atoms with Crippen molar-refractivity contribution in [2.75, 3.05) is 13.7 Å². The second-order valence-electron chi connectivity index (χ2n) is 10.1. The first kappa shape index (κ1) is 28.8. The van der Waals surface area contributed by atoms with E-state index in [1.807, 2.05) is 78.1 Å². The average molecular weight is 573 g/mol. The summed E-state index contributed by atoms with van der Waals surface area (Å²) in [5, 5.41) is 2.99. The number of benzene rings is 4. The minimum Gasteiger partial charge on any atom is -0.497 e. The first-order valence-corrected chi connectivity index (χ1v) is 13.6. The van der Waals surface area contributed by atoms with Gasteiger partial charge in [-0.25, -0.2) is 0 Å². The predicted octanol–water partition coefficient (Wildman–Crippen LogP) is 7.47. The third-order valence-corrected chi connectivity index (χ3v) is 7.11. The molecule has 0 aliphatic carbocycles. The molecule has 0 unspecified atom stereocenters. The molecular weight excluding hydrogens is 541 g/mol. The molecule has 0 fully saturated rings. The van der Waals surface area contributed by atoms with Crippen LogP contribution in [0.3, 0.4) is 0 Å². The molecule has 1 amide bonds. The minimum absolute atomic E-state index is 0.120. The Morgan fingerprint density at radius 2 is 1.50 bits per heavy atom. The lowest BCUT2D eigenvalue weighted by molar-refractivity contribution is -0.138. The summed E-state index contributed by atoms with van der Waals surface area (Å²) in [5.74, 6) is 0.880. The molecule has 0 bridgehead atoms. The van der Waals surface area contributed by atoms with Gasteiger partial charge in [-0.05, 0) is 77.2 Å². The van der Waals surface area contributed by atoms with Crippen LogP contribution < -0.4 is 14.8 Å². The molecule has 0 radical (unpaired) electrons. The summed E-state index contributed by atoms with van der Waals surface area (Å²) in [7, 11) is 1.64. The van der Waals surface area contributed by atoms with Gasteiger partial charge in [0.1, 0.15) is 24.7 Å². The topological polar surface area (TPSA) is 52.5 Å². The highest BCUT2D eigenvalue weighted by Crippen LogP contribution is 2.36. The highest BCUT2D eigenvalue weighted by molar-refractivity contribution is 5.92. The number of ether oxygens (including phenoxy) is 2. The molecule has 0 aliphatic rings. The number of alkyl halides is 3. The van der Waals surface area contributed by atoms with Crippen molar-refractivity contribution in [3.05, 3.63) is 119 Å². The second kappa shape index (κ2) is 12.4. The van der Waals surface area contributed by atoms with Gasteiger partial charge in [0.05, 0.1) is 19.2 Å². The summed E-state index contributed by atoms with van der Waals surface area (Å²) in [6.07, 6.45) is -4.56. The van der Waals surface area contributed by atoms with E-state index in [4.69, 9.17) is 9.47 Å². The second-order valence-corrected chi connectivity index (χ2v) is 10.1. The first-order chi connectivity index (χ1) is 20.2. The van der Waals surface area contributed by atoms with Crippen LogP contribution in [0.2, 0.25) is 0 Å². The summed E-state index contributed by atoms with van der Waals surface area (Å²) in [4.78, 5) is 12.0.